The summed E-state index contributed by atoms with van der Waals surface area (Å²) in [7, 11) is 0. The van der Waals surface area contributed by atoms with Crippen molar-refractivity contribution in [3.8, 4) is 5.75 Å². The minimum absolute atomic E-state index is 0.127. The van der Waals surface area contributed by atoms with Gasteiger partial charge in [-0.05, 0) is 48.9 Å². The van der Waals surface area contributed by atoms with Crippen molar-refractivity contribution < 1.29 is 13.9 Å². The maximum atomic E-state index is 12.8. The topological polar surface area (TPSA) is 50.4 Å². The lowest BCUT2D eigenvalue weighted by atomic mass is 10.2. The number of carbonyl (C=O) groups excluding carboxylic acids is 1. The number of ether oxygens (including phenoxy) is 1. The molecule has 5 heteroatoms. The molecule has 0 aliphatic heterocycles. The van der Waals surface area contributed by atoms with Crippen molar-refractivity contribution in [3.63, 3.8) is 0 Å². The van der Waals surface area contributed by atoms with Crippen molar-refractivity contribution in [3.05, 3.63) is 59.9 Å². The highest BCUT2D eigenvalue weighted by molar-refractivity contribution is 5.80. The van der Waals surface area contributed by atoms with E-state index in [1.54, 1.807) is 12.1 Å². The molecular formula is C17H19FN2O2. The van der Waals surface area contributed by atoms with Gasteiger partial charge in [0.25, 0.3) is 0 Å². The highest BCUT2D eigenvalue weighted by atomic mass is 19.1. The molecule has 22 heavy (non-hydrogen) atoms. The Hall–Kier alpha value is -2.56. The smallest absolute Gasteiger partial charge is 0.239 e. The van der Waals surface area contributed by atoms with Crippen LogP contribution >= 0.6 is 0 Å². The Labute approximate surface area is 129 Å². The summed E-state index contributed by atoms with van der Waals surface area (Å²) >= 11 is 0. The Bertz CT molecular complexity index is 597. The van der Waals surface area contributed by atoms with Gasteiger partial charge in [-0.25, -0.2) is 4.39 Å². The second kappa shape index (κ2) is 8.02. The summed E-state index contributed by atoms with van der Waals surface area (Å²) in [6, 6.07) is 13.5. The Morgan fingerprint density at radius 1 is 1.09 bits per heavy atom. The fourth-order valence-corrected chi connectivity index (χ4v) is 1.88. The number of benzene rings is 2. The summed E-state index contributed by atoms with van der Waals surface area (Å²) in [5, 5.41) is 5.80. The van der Waals surface area contributed by atoms with Crippen molar-refractivity contribution in [1.82, 2.24) is 5.32 Å². The molecule has 2 N–H and O–H groups in total. The molecule has 2 aromatic rings. The molecule has 2 aromatic carbocycles. The molecule has 0 aliphatic carbocycles. The molecule has 2 rings (SSSR count). The monoisotopic (exact) mass is 302 g/mol. The second-order valence-corrected chi connectivity index (χ2v) is 4.71. The molecule has 0 aromatic heterocycles. The standard InChI is InChI=1S/C17H19FN2O2/c1-2-22-16-9-7-15(8-10-16)19-12-17(21)20-11-13-3-5-14(18)6-4-13/h3-10,19H,2,11-12H2,1H3,(H,20,21). The number of hydrogen-bond donors (Lipinski definition) is 2. The van der Waals surface area contributed by atoms with E-state index in [-0.39, 0.29) is 18.3 Å². The molecule has 0 spiro atoms. The van der Waals surface area contributed by atoms with Crippen LogP contribution in [0.15, 0.2) is 48.5 Å². The number of hydrogen-bond acceptors (Lipinski definition) is 3. The fourth-order valence-electron chi connectivity index (χ4n) is 1.88. The van der Waals surface area contributed by atoms with E-state index in [4.69, 9.17) is 4.74 Å². The van der Waals surface area contributed by atoms with E-state index in [0.717, 1.165) is 17.0 Å². The van der Waals surface area contributed by atoms with Crippen LogP contribution in [0.4, 0.5) is 10.1 Å². The molecule has 0 radical (unpaired) electrons. The Morgan fingerprint density at radius 2 is 1.77 bits per heavy atom. The maximum absolute atomic E-state index is 12.8. The lowest BCUT2D eigenvalue weighted by Crippen LogP contribution is -2.29. The van der Waals surface area contributed by atoms with Crippen molar-refractivity contribution in [2.24, 2.45) is 0 Å². The zero-order chi connectivity index (χ0) is 15.8. The number of nitrogens with one attached hydrogen (secondary N) is 2. The van der Waals surface area contributed by atoms with Gasteiger partial charge in [0.1, 0.15) is 11.6 Å². The van der Waals surface area contributed by atoms with Gasteiger partial charge in [-0.1, -0.05) is 12.1 Å². The van der Waals surface area contributed by atoms with Gasteiger partial charge in [0.05, 0.1) is 13.2 Å². The number of rotatable bonds is 7. The third kappa shape index (κ3) is 5.09. The van der Waals surface area contributed by atoms with Gasteiger partial charge in [-0.2, -0.15) is 0 Å². The lowest BCUT2D eigenvalue weighted by Gasteiger charge is -2.09. The minimum atomic E-state index is -0.285. The predicted molar refractivity (Wildman–Crippen MR) is 84.3 cm³/mol. The van der Waals surface area contributed by atoms with Crippen LogP contribution in [0.2, 0.25) is 0 Å². The summed E-state index contributed by atoms with van der Waals surface area (Å²) in [6.07, 6.45) is 0. The molecule has 4 nitrogen and oxygen atoms in total. The van der Waals surface area contributed by atoms with Crippen molar-refractivity contribution in [2.45, 2.75) is 13.5 Å². The molecule has 0 heterocycles. The van der Waals surface area contributed by atoms with E-state index in [1.165, 1.54) is 12.1 Å². The van der Waals surface area contributed by atoms with Gasteiger partial charge < -0.3 is 15.4 Å². The Morgan fingerprint density at radius 3 is 2.41 bits per heavy atom. The molecule has 0 unspecified atom stereocenters. The van der Waals surface area contributed by atoms with Crippen molar-refractivity contribution >= 4 is 11.6 Å². The normalized spacial score (nSPS) is 10.1. The van der Waals surface area contributed by atoms with Crippen LogP contribution in [0.3, 0.4) is 0 Å². The molecule has 1 amide bonds. The van der Waals surface area contributed by atoms with Gasteiger partial charge in [0.15, 0.2) is 0 Å². The molecule has 0 saturated carbocycles. The zero-order valence-corrected chi connectivity index (χ0v) is 12.4. The second-order valence-electron chi connectivity index (χ2n) is 4.71. The van der Waals surface area contributed by atoms with Gasteiger partial charge >= 0.3 is 0 Å². The van der Waals surface area contributed by atoms with Crippen LogP contribution < -0.4 is 15.4 Å². The van der Waals surface area contributed by atoms with E-state index in [2.05, 4.69) is 10.6 Å². The Balaban J connectivity index is 1.74. The molecule has 0 fully saturated rings. The highest BCUT2D eigenvalue weighted by Gasteiger charge is 2.02. The maximum Gasteiger partial charge on any atom is 0.239 e. The van der Waals surface area contributed by atoms with Crippen molar-refractivity contribution in [1.29, 1.82) is 0 Å². The van der Waals surface area contributed by atoms with Crippen LogP contribution in [-0.4, -0.2) is 19.1 Å². The summed E-state index contributed by atoms with van der Waals surface area (Å²) < 4.78 is 18.1. The average Bonchev–Trinajstić information content (AvgIpc) is 2.54. The first-order valence-corrected chi connectivity index (χ1v) is 7.15. The molecule has 116 valence electrons. The first-order chi connectivity index (χ1) is 10.7. The largest absolute Gasteiger partial charge is 0.494 e. The third-order valence-electron chi connectivity index (χ3n) is 3.02. The Kier molecular flexibility index (Phi) is 5.77. The number of carbonyl (C=O) groups is 1. The summed E-state index contributed by atoms with van der Waals surface area (Å²) in [5.74, 6) is 0.388. The third-order valence-corrected chi connectivity index (χ3v) is 3.02. The van der Waals surface area contributed by atoms with E-state index < -0.39 is 0 Å². The van der Waals surface area contributed by atoms with Gasteiger partial charge in [-0.15, -0.1) is 0 Å². The molecule has 0 bridgehead atoms. The van der Waals surface area contributed by atoms with E-state index in [0.29, 0.717) is 13.2 Å². The van der Waals surface area contributed by atoms with Gasteiger partial charge in [-0.3, -0.25) is 4.79 Å². The van der Waals surface area contributed by atoms with Crippen LogP contribution in [0.5, 0.6) is 5.75 Å². The van der Waals surface area contributed by atoms with Crippen LogP contribution in [0, 0.1) is 5.82 Å². The molecular weight excluding hydrogens is 283 g/mol. The first kappa shape index (κ1) is 15.8. The minimum Gasteiger partial charge on any atom is -0.494 e. The van der Waals surface area contributed by atoms with Gasteiger partial charge in [0.2, 0.25) is 5.91 Å². The molecule has 0 aliphatic rings. The molecule has 0 saturated heterocycles. The van der Waals surface area contributed by atoms with Gasteiger partial charge in [0, 0.05) is 12.2 Å². The average molecular weight is 302 g/mol. The number of anilines is 1. The zero-order valence-electron chi connectivity index (χ0n) is 12.4. The summed E-state index contributed by atoms with van der Waals surface area (Å²) in [6.45, 7) is 3.11. The summed E-state index contributed by atoms with van der Waals surface area (Å²) in [4.78, 5) is 11.8. The van der Waals surface area contributed by atoms with Crippen LogP contribution in [0.25, 0.3) is 0 Å². The van der Waals surface area contributed by atoms with Crippen molar-refractivity contribution in [2.75, 3.05) is 18.5 Å². The SMILES string of the molecule is CCOc1ccc(NCC(=O)NCc2ccc(F)cc2)cc1. The van der Waals surface area contributed by atoms with E-state index in [9.17, 15) is 9.18 Å². The fraction of sp³-hybridized carbons (Fsp3) is 0.235. The lowest BCUT2D eigenvalue weighted by molar-refractivity contribution is -0.119. The predicted octanol–water partition coefficient (Wildman–Crippen LogP) is 2.95. The number of amides is 1. The van der Waals surface area contributed by atoms with E-state index in [1.807, 2.05) is 31.2 Å². The van der Waals surface area contributed by atoms with Crippen LogP contribution in [0.1, 0.15) is 12.5 Å². The summed E-state index contributed by atoms with van der Waals surface area (Å²) in [5.41, 5.74) is 1.70. The highest BCUT2D eigenvalue weighted by Crippen LogP contribution is 2.15. The first-order valence-electron chi connectivity index (χ1n) is 7.15. The molecule has 0 atom stereocenters. The number of halogens is 1. The van der Waals surface area contributed by atoms with Crippen LogP contribution in [-0.2, 0) is 11.3 Å². The quantitative estimate of drug-likeness (QED) is 0.827. The van der Waals surface area contributed by atoms with E-state index >= 15 is 0 Å².